The molecule has 6 heteroatoms. The SMILES string of the molecule is [N-]=[N+]=N[C@H]1/C=C\CCCC[C@H]1N=[N+]=[N-]. The molecule has 6 nitrogen and oxygen atoms in total. The van der Waals surface area contributed by atoms with Gasteiger partial charge in [-0.1, -0.05) is 28.8 Å². The van der Waals surface area contributed by atoms with Crippen LogP contribution in [0, 0.1) is 0 Å². The van der Waals surface area contributed by atoms with Crippen molar-refractivity contribution in [1.29, 1.82) is 0 Å². The number of hydrogen-bond acceptors (Lipinski definition) is 2. The van der Waals surface area contributed by atoms with Gasteiger partial charge in [0, 0.05) is 15.9 Å². The van der Waals surface area contributed by atoms with Crippen molar-refractivity contribution in [3.05, 3.63) is 33.0 Å². The Labute approximate surface area is 81.9 Å². The van der Waals surface area contributed by atoms with Gasteiger partial charge in [-0.05, 0) is 30.3 Å². The van der Waals surface area contributed by atoms with Gasteiger partial charge in [0.15, 0.2) is 0 Å². The average molecular weight is 192 g/mol. The molecule has 0 bridgehead atoms. The Bertz CT molecular complexity index is 297. The number of rotatable bonds is 2. The molecule has 0 aromatic rings. The highest BCUT2D eigenvalue weighted by atomic mass is 15.2. The smallest absolute Gasteiger partial charge is 0.0639 e. The first-order valence-electron chi connectivity index (χ1n) is 4.63. The van der Waals surface area contributed by atoms with Crippen molar-refractivity contribution < 1.29 is 0 Å². The first-order chi connectivity index (χ1) is 6.88. The molecule has 0 saturated carbocycles. The fourth-order valence-corrected chi connectivity index (χ4v) is 1.52. The van der Waals surface area contributed by atoms with E-state index in [0.717, 1.165) is 25.7 Å². The van der Waals surface area contributed by atoms with E-state index in [-0.39, 0.29) is 12.1 Å². The lowest BCUT2D eigenvalue weighted by Crippen LogP contribution is -2.20. The summed E-state index contributed by atoms with van der Waals surface area (Å²) in [5.41, 5.74) is 16.7. The van der Waals surface area contributed by atoms with Crippen LogP contribution in [0.5, 0.6) is 0 Å². The van der Waals surface area contributed by atoms with E-state index in [2.05, 4.69) is 20.1 Å². The Morgan fingerprint density at radius 1 is 1.14 bits per heavy atom. The minimum absolute atomic E-state index is 0.229. The molecule has 2 atom stereocenters. The summed E-state index contributed by atoms with van der Waals surface area (Å²) in [6.07, 6.45) is 7.71. The molecule has 0 aromatic heterocycles. The van der Waals surface area contributed by atoms with E-state index < -0.39 is 0 Å². The lowest BCUT2D eigenvalue weighted by Gasteiger charge is -2.17. The predicted octanol–water partition coefficient (Wildman–Crippen LogP) is 3.47. The standard InChI is InChI=1S/C8H12N6/c9-13-11-7-5-3-1-2-4-6-8(7)12-14-10/h3,5,7-8H,1-2,4,6H2/b5-3-/t7-,8+/m0/s1. The van der Waals surface area contributed by atoms with Crippen LogP contribution in [0.2, 0.25) is 0 Å². The minimum Gasteiger partial charge on any atom is -0.0899 e. The normalized spacial score (nSPS) is 28.9. The molecular weight excluding hydrogens is 180 g/mol. The first kappa shape index (κ1) is 10.4. The lowest BCUT2D eigenvalue weighted by molar-refractivity contribution is 0.510. The monoisotopic (exact) mass is 192 g/mol. The van der Waals surface area contributed by atoms with Crippen molar-refractivity contribution in [2.75, 3.05) is 0 Å². The average Bonchev–Trinajstić information content (AvgIpc) is 2.16. The molecule has 1 aliphatic carbocycles. The molecule has 0 aliphatic heterocycles. The van der Waals surface area contributed by atoms with Gasteiger partial charge in [-0.2, -0.15) is 0 Å². The minimum atomic E-state index is -0.323. The summed E-state index contributed by atoms with van der Waals surface area (Å²) in [5.74, 6) is 0. The van der Waals surface area contributed by atoms with Crippen LogP contribution in [0.4, 0.5) is 0 Å². The Hall–Kier alpha value is -1.64. The molecule has 74 valence electrons. The molecule has 1 aliphatic rings. The maximum absolute atomic E-state index is 8.37. The summed E-state index contributed by atoms with van der Waals surface area (Å²) in [6, 6.07) is -0.552. The lowest BCUT2D eigenvalue weighted by atomic mass is 9.98. The predicted molar refractivity (Wildman–Crippen MR) is 53.5 cm³/mol. The Morgan fingerprint density at radius 2 is 1.93 bits per heavy atom. The number of nitrogens with zero attached hydrogens (tertiary/aromatic N) is 6. The summed E-state index contributed by atoms with van der Waals surface area (Å²) >= 11 is 0. The van der Waals surface area contributed by atoms with Gasteiger partial charge in [-0.3, -0.25) is 0 Å². The van der Waals surface area contributed by atoms with Gasteiger partial charge < -0.3 is 0 Å². The van der Waals surface area contributed by atoms with E-state index in [1.807, 2.05) is 12.2 Å². The molecule has 0 heterocycles. The topological polar surface area (TPSA) is 97.5 Å². The Kier molecular flexibility index (Phi) is 4.41. The number of hydrogen-bond donors (Lipinski definition) is 0. The van der Waals surface area contributed by atoms with Crippen molar-refractivity contribution in [3.8, 4) is 0 Å². The number of azide groups is 2. The second-order valence-corrected chi connectivity index (χ2v) is 3.18. The van der Waals surface area contributed by atoms with E-state index in [1.54, 1.807) is 0 Å². The van der Waals surface area contributed by atoms with Crippen LogP contribution >= 0.6 is 0 Å². The molecule has 0 unspecified atom stereocenters. The highest BCUT2D eigenvalue weighted by molar-refractivity contribution is 5.01. The second-order valence-electron chi connectivity index (χ2n) is 3.18. The van der Waals surface area contributed by atoms with Crippen molar-refractivity contribution in [2.24, 2.45) is 10.2 Å². The molecule has 0 amide bonds. The third-order valence-corrected chi connectivity index (χ3v) is 2.23. The second kappa shape index (κ2) is 5.91. The molecule has 0 spiro atoms. The van der Waals surface area contributed by atoms with Crippen LogP contribution in [0.3, 0.4) is 0 Å². The van der Waals surface area contributed by atoms with Crippen molar-refractivity contribution in [2.45, 2.75) is 37.8 Å². The molecular formula is C8H12N6. The van der Waals surface area contributed by atoms with Crippen LogP contribution in [-0.2, 0) is 0 Å². The third-order valence-electron chi connectivity index (χ3n) is 2.23. The van der Waals surface area contributed by atoms with Gasteiger partial charge >= 0.3 is 0 Å². The zero-order valence-electron chi connectivity index (χ0n) is 7.82. The van der Waals surface area contributed by atoms with Crippen LogP contribution in [0.15, 0.2) is 22.4 Å². The van der Waals surface area contributed by atoms with E-state index >= 15 is 0 Å². The highest BCUT2D eigenvalue weighted by Crippen LogP contribution is 2.18. The summed E-state index contributed by atoms with van der Waals surface area (Å²) in [4.78, 5) is 5.53. The number of allylic oxidation sites excluding steroid dienone is 1. The van der Waals surface area contributed by atoms with Gasteiger partial charge in [0.1, 0.15) is 0 Å². The van der Waals surface area contributed by atoms with Crippen molar-refractivity contribution in [1.82, 2.24) is 0 Å². The van der Waals surface area contributed by atoms with E-state index in [0.29, 0.717) is 0 Å². The third kappa shape index (κ3) is 3.01. The molecule has 14 heavy (non-hydrogen) atoms. The van der Waals surface area contributed by atoms with Crippen LogP contribution < -0.4 is 0 Å². The van der Waals surface area contributed by atoms with E-state index in [4.69, 9.17) is 11.1 Å². The summed E-state index contributed by atoms with van der Waals surface area (Å²) in [5, 5.41) is 7.26. The zero-order valence-corrected chi connectivity index (χ0v) is 7.82. The fourth-order valence-electron chi connectivity index (χ4n) is 1.52. The van der Waals surface area contributed by atoms with Gasteiger partial charge in [0.2, 0.25) is 0 Å². The largest absolute Gasteiger partial charge is 0.0899 e. The van der Waals surface area contributed by atoms with Crippen LogP contribution in [0.1, 0.15) is 25.7 Å². The van der Waals surface area contributed by atoms with E-state index in [1.165, 1.54) is 0 Å². The Morgan fingerprint density at radius 3 is 2.64 bits per heavy atom. The summed E-state index contributed by atoms with van der Waals surface area (Å²) in [6.45, 7) is 0. The van der Waals surface area contributed by atoms with Gasteiger partial charge in [-0.25, -0.2) is 0 Å². The van der Waals surface area contributed by atoms with Crippen molar-refractivity contribution in [3.63, 3.8) is 0 Å². The van der Waals surface area contributed by atoms with Gasteiger partial charge in [-0.15, -0.1) is 0 Å². The summed E-state index contributed by atoms with van der Waals surface area (Å²) in [7, 11) is 0. The first-order valence-corrected chi connectivity index (χ1v) is 4.63. The molecule has 0 N–H and O–H groups in total. The van der Waals surface area contributed by atoms with Crippen LogP contribution in [-0.4, -0.2) is 12.1 Å². The molecule has 0 radical (unpaired) electrons. The fraction of sp³-hybridized carbons (Fsp3) is 0.750. The van der Waals surface area contributed by atoms with Gasteiger partial charge in [0.25, 0.3) is 0 Å². The van der Waals surface area contributed by atoms with Crippen LogP contribution in [0.25, 0.3) is 20.9 Å². The highest BCUT2D eigenvalue weighted by Gasteiger charge is 2.17. The molecule has 1 rings (SSSR count). The Balaban J connectivity index is 2.82. The van der Waals surface area contributed by atoms with Gasteiger partial charge in [0.05, 0.1) is 6.04 Å². The quantitative estimate of drug-likeness (QED) is 0.277. The maximum Gasteiger partial charge on any atom is 0.0639 e. The molecule has 0 aromatic carbocycles. The zero-order chi connectivity index (χ0) is 10.2. The van der Waals surface area contributed by atoms with E-state index in [9.17, 15) is 0 Å². The summed E-state index contributed by atoms with van der Waals surface area (Å²) < 4.78 is 0. The maximum atomic E-state index is 8.37. The molecule has 0 fully saturated rings. The van der Waals surface area contributed by atoms with Crippen molar-refractivity contribution >= 4 is 0 Å². The molecule has 0 saturated heterocycles.